The summed E-state index contributed by atoms with van der Waals surface area (Å²) >= 11 is 1.29. The van der Waals surface area contributed by atoms with Crippen molar-refractivity contribution >= 4 is 33.7 Å². The Morgan fingerprint density at radius 3 is 2.25 bits per heavy atom. The molecule has 116 valence electrons. The number of thioether (sulfide) groups is 1. The fourth-order valence-electron chi connectivity index (χ4n) is 1.75. The fourth-order valence-corrected chi connectivity index (χ4v) is 3.55. The lowest BCUT2D eigenvalue weighted by Gasteiger charge is -2.33. The van der Waals surface area contributed by atoms with E-state index in [1.165, 1.54) is 16.1 Å². The van der Waals surface area contributed by atoms with Crippen LogP contribution in [-0.2, 0) is 19.6 Å². The van der Waals surface area contributed by atoms with Crippen molar-refractivity contribution in [1.29, 1.82) is 0 Å². The second-order valence-electron chi connectivity index (χ2n) is 4.80. The summed E-state index contributed by atoms with van der Waals surface area (Å²) in [5, 5.41) is 8.73. The number of carbonyl (C=O) groups excluding carboxylic acids is 1. The van der Waals surface area contributed by atoms with Gasteiger partial charge in [-0.1, -0.05) is 6.92 Å². The molecular weight excluding hydrogens is 304 g/mol. The van der Waals surface area contributed by atoms with Gasteiger partial charge in [0, 0.05) is 31.9 Å². The van der Waals surface area contributed by atoms with Crippen LogP contribution in [0, 0.1) is 5.92 Å². The zero-order chi connectivity index (χ0) is 15.3. The third-order valence-corrected chi connectivity index (χ3v) is 5.57. The van der Waals surface area contributed by atoms with Crippen LogP contribution in [0.2, 0.25) is 0 Å². The van der Waals surface area contributed by atoms with Gasteiger partial charge >= 0.3 is 5.97 Å². The van der Waals surface area contributed by atoms with Crippen LogP contribution in [0.1, 0.15) is 6.92 Å². The van der Waals surface area contributed by atoms with Gasteiger partial charge in [-0.05, 0) is 0 Å². The van der Waals surface area contributed by atoms with E-state index < -0.39 is 21.9 Å². The smallest absolute Gasteiger partial charge is 0.307 e. The third kappa shape index (κ3) is 5.29. The summed E-state index contributed by atoms with van der Waals surface area (Å²) in [6, 6.07) is 0. The van der Waals surface area contributed by atoms with Gasteiger partial charge in [-0.3, -0.25) is 9.59 Å². The Morgan fingerprint density at radius 1 is 1.25 bits per heavy atom. The quantitative estimate of drug-likeness (QED) is 0.711. The van der Waals surface area contributed by atoms with E-state index in [0.717, 1.165) is 6.26 Å². The molecule has 1 saturated heterocycles. The average molecular weight is 324 g/mol. The van der Waals surface area contributed by atoms with Crippen LogP contribution >= 0.6 is 11.8 Å². The third-order valence-electron chi connectivity index (χ3n) is 3.08. The molecule has 0 spiro atoms. The second kappa shape index (κ2) is 7.28. The molecular formula is C11H20N2O5S2. The largest absolute Gasteiger partial charge is 0.481 e. The van der Waals surface area contributed by atoms with E-state index in [9.17, 15) is 18.0 Å². The lowest BCUT2D eigenvalue weighted by Crippen LogP contribution is -2.50. The number of amides is 1. The molecule has 1 aliphatic heterocycles. The maximum atomic E-state index is 11.9. The van der Waals surface area contributed by atoms with Crippen LogP contribution in [0.25, 0.3) is 0 Å². The fraction of sp³-hybridized carbons (Fsp3) is 0.818. The molecule has 1 amide bonds. The van der Waals surface area contributed by atoms with E-state index in [2.05, 4.69) is 0 Å². The molecule has 1 rings (SSSR count). The van der Waals surface area contributed by atoms with Crippen LogP contribution in [0.5, 0.6) is 0 Å². The standard InChI is InChI=1S/C11H20N2O5S2/c1-9(11(15)16)7-19-8-10(14)12-3-5-13(6-4-12)20(2,17)18/h9H,3-8H2,1-2H3,(H,15,16). The Labute approximate surface area is 123 Å². The summed E-state index contributed by atoms with van der Waals surface area (Å²) in [5.41, 5.74) is 0. The lowest BCUT2D eigenvalue weighted by molar-refractivity contribution is -0.140. The highest BCUT2D eigenvalue weighted by Crippen LogP contribution is 2.12. The summed E-state index contributed by atoms with van der Waals surface area (Å²) < 4.78 is 24.0. The Hall–Kier alpha value is -0.800. The summed E-state index contributed by atoms with van der Waals surface area (Å²) in [4.78, 5) is 24.2. The lowest BCUT2D eigenvalue weighted by atomic mass is 10.2. The van der Waals surface area contributed by atoms with Crippen molar-refractivity contribution in [2.75, 3.05) is 43.9 Å². The van der Waals surface area contributed by atoms with Crippen molar-refractivity contribution in [2.45, 2.75) is 6.92 Å². The average Bonchev–Trinajstić information content (AvgIpc) is 2.37. The topological polar surface area (TPSA) is 95.0 Å². The molecule has 7 nitrogen and oxygen atoms in total. The molecule has 0 radical (unpaired) electrons. The van der Waals surface area contributed by atoms with Gasteiger partial charge in [0.15, 0.2) is 0 Å². The Morgan fingerprint density at radius 2 is 1.80 bits per heavy atom. The minimum absolute atomic E-state index is 0.0688. The molecule has 1 unspecified atom stereocenters. The molecule has 1 aliphatic rings. The van der Waals surface area contributed by atoms with E-state index in [4.69, 9.17) is 5.11 Å². The molecule has 0 aromatic heterocycles. The van der Waals surface area contributed by atoms with Crippen LogP contribution < -0.4 is 0 Å². The van der Waals surface area contributed by atoms with Gasteiger partial charge in [0.1, 0.15) is 0 Å². The highest BCUT2D eigenvalue weighted by molar-refractivity contribution is 7.99. The molecule has 20 heavy (non-hydrogen) atoms. The Kier molecular flexibility index (Phi) is 6.28. The summed E-state index contributed by atoms with van der Waals surface area (Å²) in [5.74, 6) is -0.789. The number of carboxylic acid groups (broad SMARTS) is 1. The van der Waals surface area contributed by atoms with Crippen molar-refractivity contribution in [3.8, 4) is 0 Å². The first-order chi connectivity index (χ1) is 9.21. The van der Waals surface area contributed by atoms with Crippen molar-refractivity contribution < 1.29 is 23.1 Å². The first kappa shape index (κ1) is 17.3. The number of aliphatic carboxylic acids is 1. The zero-order valence-electron chi connectivity index (χ0n) is 11.6. The van der Waals surface area contributed by atoms with Gasteiger partial charge in [-0.15, -0.1) is 0 Å². The maximum Gasteiger partial charge on any atom is 0.307 e. The van der Waals surface area contributed by atoms with Crippen LogP contribution in [0.4, 0.5) is 0 Å². The second-order valence-corrected chi connectivity index (χ2v) is 7.81. The number of sulfonamides is 1. The predicted octanol–water partition coefficient (Wildman–Crippen LogP) is -0.456. The molecule has 1 heterocycles. The van der Waals surface area contributed by atoms with E-state index in [1.54, 1.807) is 11.8 Å². The molecule has 0 bridgehead atoms. The number of rotatable bonds is 6. The molecule has 1 atom stereocenters. The molecule has 1 N–H and O–H groups in total. The van der Waals surface area contributed by atoms with E-state index in [-0.39, 0.29) is 11.7 Å². The number of hydrogen-bond acceptors (Lipinski definition) is 5. The highest BCUT2D eigenvalue weighted by atomic mass is 32.2. The van der Waals surface area contributed by atoms with Crippen molar-refractivity contribution in [3.63, 3.8) is 0 Å². The summed E-state index contributed by atoms with van der Waals surface area (Å²) in [7, 11) is -3.19. The van der Waals surface area contributed by atoms with Gasteiger partial charge in [0.05, 0.1) is 17.9 Å². The maximum absolute atomic E-state index is 11.9. The predicted molar refractivity (Wildman–Crippen MR) is 77.1 cm³/mol. The van der Waals surface area contributed by atoms with Gasteiger partial charge in [-0.2, -0.15) is 16.1 Å². The zero-order valence-corrected chi connectivity index (χ0v) is 13.2. The first-order valence-corrected chi connectivity index (χ1v) is 9.25. The summed E-state index contributed by atoms with van der Waals surface area (Å²) in [6.45, 7) is 3.02. The Balaban J connectivity index is 2.31. The molecule has 9 heteroatoms. The van der Waals surface area contributed by atoms with Gasteiger partial charge < -0.3 is 10.0 Å². The number of hydrogen-bond donors (Lipinski definition) is 1. The highest BCUT2D eigenvalue weighted by Gasteiger charge is 2.25. The number of piperazine rings is 1. The molecule has 0 saturated carbocycles. The van der Waals surface area contributed by atoms with Crippen molar-refractivity contribution in [2.24, 2.45) is 5.92 Å². The Bertz CT molecular complexity index is 457. The molecule has 0 aromatic carbocycles. The van der Waals surface area contributed by atoms with Gasteiger partial charge in [0.25, 0.3) is 0 Å². The minimum atomic E-state index is -3.19. The molecule has 0 aromatic rings. The monoisotopic (exact) mass is 324 g/mol. The summed E-state index contributed by atoms with van der Waals surface area (Å²) in [6.07, 6.45) is 1.16. The van der Waals surface area contributed by atoms with Crippen LogP contribution in [0.15, 0.2) is 0 Å². The number of nitrogens with zero attached hydrogens (tertiary/aromatic N) is 2. The van der Waals surface area contributed by atoms with E-state index in [1.807, 2.05) is 0 Å². The van der Waals surface area contributed by atoms with Gasteiger partial charge in [0.2, 0.25) is 15.9 Å². The van der Waals surface area contributed by atoms with E-state index >= 15 is 0 Å². The normalized spacial score (nSPS) is 18.8. The molecule has 1 fully saturated rings. The first-order valence-electron chi connectivity index (χ1n) is 6.25. The van der Waals surface area contributed by atoms with Crippen molar-refractivity contribution in [3.05, 3.63) is 0 Å². The SMILES string of the molecule is CC(CSCC(=O)N1CCN(S(C)(=O)=O)CC1)C(=O)O. The van der Waals surface area contributed by atoms with Crippen molar-refractivity contribution in [1.82, 2.24) is 9.21 Å². The number of carbonyl (C=O) groups is 2. The number of carboxylic acids is 1. The van der Waals surface area contributed by atoms with E-state index in [0.29, 0.717) is 31.9 Å². The minimum Gasteiger partial charge on any atom is -0.481 e. The van der Waals surface area contributed by atoms with Gasteiger partial charge in [-0.25, -0.2) is 8.42 Å². The van der Waals surface area contributed by atoms with Crippen LogP contribution in [0.3, 0.4) is 0 Å². The molecule has 0 aliphatic carbocycles. The van der Waals surface area contributed by atoms with Crippen LogP contribution in [-0.4, -0.2) is 78.5 Å².